The molecule has 12 heteroatoms. The summed E-state index contributed by atoms with van der Waals surface area (Å²) in [5.74, 6) is -4.10. The fourth-order valence-corrected chi connectivity index (χ4v) is 8.82. The van der Waals surface area contributed by atoms with Gasteiger partial charge in [-0.15, -0.1) is 13.2 Å². The van der Waals surface area contributed by atoms with Gasteiger partial charge in [0, 0.05) is 28.5 Å². The molecule has 9 atom stereocenters. The Morgan fingerprint density at radius 2 is 1.82 bits per heavy atom. The first kappa shape index (κ1) is 37.7. The van der Waals surface area contributed by atoms with Crippen LogP contribution in [0.2, 0.25) is 5.02 Å². The minimum atomic E-state index is -1.39. The maximum Gasteiger partial charge on any atom is 0.313 e. The van der Waals surface area contributed by atoms with Gasteiger partial charge in [-0.3, -0.25) is 19.2 Å². The van der Waals surface area contributed by atoms with Crippen LogP contribution in [0.25, 0.3) is 0 Å². The number of hydrogen-bond acceptors (Lipinski definition) is 7. The zero-order valence-electron chi connectivity index (χ0n) is 28.5. The summed E-state index contributed by atoms with van der Waals surface area (Å²) in [6, 6.07) is 13.4. The molecule has 1 unspecified atom stereocenters. The first-order valence-corrected chi connectivity index (χ1v) is 18.3. The second-order valence-electron chi connectivity index (χ2n) is 13.6. The maximum atomic E-state index is 14.9. The van der Waals surface area contributed by atoms with E-state index in [2.05, 4.69) is 34.4 Å². The molecule has 5 rings (SSSR count). The van der Waals surface area contributed by atoms with E-state index in [-0.39, 0.29) is 36.0 Å². The number of halogens is 2. The number of hydrogen-bond donors (Lipinski definition) is 2. The number of nitrogens with one attached hydrogen (secondary N) is 1. The van der Waals surface area contributed by atoms with E-state index in [1.807, 2.05) is 44.2 Å². The van der Waals surface area contributed by atoms with E-state index >= 15 is 0 Å². The van der Waals surface area contributed by atoms with E-state index in [0.29, 0.717) is 22.7 Å². The molecule has 3 aliphatic rings. The summed E-state index contributed by atoms with van der Waals surface area (Å²) in [5.41, 5.74) is -0.176. The van der Waals surface area contributed by atoms with Crippen LogP contribution >= 0.6 is 27.5 Å². The van der Waals surface area contributed by atoms with Gasteiger partial charge in [0.25, 0.3) is 5.91 Å². The van der Waals surface area contributed by atoms with Crippen molar-refractivity contribution in [3.63, 3.8) is 0 Å². The fraction of sp³-hybridized carbons (Fsp3) is 0.474. The molecule has 10 nitrogen and oxygen atoms in total. The highest BCUT2D eigenvalue weighted by atomic mass is 79.9. The number of esters is 1. The van der Waals surface area contributed by atoms with E-state index in [0.717, 1.165) is 0 Å². The first-order chi connectivity index (χ1) is 23.9. The number of fused-ring (bicyclic) bond motifs is 1. The monoisotopic (exact) mass is 769 g/mol. The molecule has 3 aliphatic heterocycles. The second kappa shape index (κ2) is 15.8. The zero-order valence-corrected chi connectivity index (χ0v) is 30.9. The molecule has 0 aliphatic carbocycles. The van der Waals surface area contributed by atoms with Crippen LogP contribution in [0.15, 0.2) is 79.9 Å². The van der Waals surface area contributed by atoms with Crippen molar-refractivity contribution in [1.29, 1.82) is 0 Å². The Balaban J connectivity index is 1.54. The van der Waals surface area contributed by atoms with E-state index in [4.69, 9.17) is 21.1 Å². The molecular formula is C38H45BrClN3O7. The first-order valence-electron chi connectivity index (χ1n) is 17.0. The van der Waals surface area contributed by atoms with Gasteiger partial charge in [-0.25, -0.2) is 0 Å². The number of likely N-dealkylation sites (tertiary alicyclic amines) is 1. The summed E-state index contributed by atoms with van der Waals surface area (Å²) in [7, 11) is 0. The molecule has 50 heavy (non-hydrogen) atoms. The average Bonchev–Trinajstić information content (AvgIpc) is 3.69. The second-order valence-corrected chi connectivity index (χ2v) is 15.2. The molecule has 268 valence electrons. The summed E-state index contributed by atoms with van der Waals surface area (Å²) in [4.78, 5) is 59.4. The van der Waals surface area contributed by atoms with Gasteiger partial charge >= 0.3 is 5.97 Å². The molecule has 0 aromatic heterocycles. The number of nitrogens with zero attached hydrogens (tertiary/aromatic N) is 2. The van der Waals surface area contributed by atoms with Crippen molar-refractivity contribution in [1.82, 2.24) is 10.2 Å². The van der Waals surface area contributed by atoms with Crippen molar-refractivity contribution in [2.45, 2.75) is 80.8 Å². The lowest BCUT2D eigenvalue weighted by Gasteiger charge is -2.40. The highest BCUT2D eigenvalue weighted by molar-refractivity contribution is 9.09. The molecule has 3 amide bonds. The summed E-state index contributed by atoms with van der Waals surface area (Å²) >= 11 is 9.88. The van der Waals surface area contributed by atoms with Gasteiger partial charge in [0.05, 0.1) is 36.6 Å². The van der Waals surface area contributed by atoms with Gasteiger partial charge in [-0.05, 0) is 55.5 Å². The largest absolute Gasteiger partial charge is 0.455 e. The predicted molar refractivity (Wildman–Crippen MR) is 195 cm³/mol. The van der Waals surface area contributed by atoms with Crippen LogP contribution in [0.5, 0.6) is 0 Å². The van der Waals surface area contributed by atoms with E-state index < -0.39 is 72.2 Å². The molecule has 3 saturated heterocycles. The number of amides is 3. The lowest BCUT2D eigenvalue weighted by atomic mass is 9.70. The Kier molecular flexibility index (Phi) is 11.9. The van der Waals surface area contributed by atoms with Crippen molar-refractivity contribution >= 4 is 56.9 Å². The van der Waals surface area contributed by atoms with Crippen molar-refractivity contribution < 1.29 is 33.8 Å². The van der Waals surface area contributed by atoms with Crippen LogP contribution in [0, 0.1) is 17.8 Å². The third-order valence-corrected chi connectivity index (χ3v) is 11.1. The van der Waals surface area contributed by atoms with Crippen molar-refractivity contribution in [2.75, 3.05) is 18.1 Å². The van der Waals surface area contributed by atoms with Crippen LogP contribution in [-0.4, -0.2) is 81.5 Å². The third kappa shape index (κ3) is 7.02. The number of aliphatic hydroxyl groups is 1. The highest BCUT2D eigenvalue weighted by Gasteiger charge is 2.77. The lowest BCUT2D eigenvalue weighted by molar-refractivity contribution is -0.162. The molecule has 2 bridgehead atoms. The van der Waals surface area contributed by atoms with Crippen LogP contribution in [0.4, 0.5) is 5.69 Å². The minimum absolute atomic E-state index is 0.132. The molecule has 3 fully saturated rings. The Morgan fingerprint density at radius 3 is 2.42 bits per heavy atom. The summed E-state index contributed by atoms with van der Waals surface area (Å²) in [5, 5.41) is 14.1. The number of rotatable bonds is 15. The number of benzene rings is 2. The molecule has 2 aromatic carbocycles. The van der Waals surface area contributed by atoms with Gasteiger partial charge in [0.15, 0.2) is 0 Å². The Hall–Kier alpha value is -3.51. The van der Waals surface area contributed by atoms with E-state index in [9.17, 15) is 24.3 Å². The van der Waals surface area contributed by atoms with Gasteiger partial charge < -0.3 is 29.7 Å². The standard InChI is InChI=1S/C38H45BrClN3O7/c1-6-8-14-29(45)41-23(5)32(24-12-10-9-11-13-24)49-37(48)30-31-35(46)43(28(21-44)22(3)4)34(38(31)20-27(39)33(30)50-38)36(47)42(19-7-2)26-17-15-25(40)16-18-26/h6-7,9-13,15-18,22-23,27-28,30-34,44H,1-2,8,14,19-21H2,3-5H3,(H,41,45)/t23-,27?,28-,30+,31-,32-,33+,34+,38-/m0/s1. The normalized spacial score (nSPS) is 27.0. The lowest BCUT2D eigenvalue weighted by Crippen LogP contribution is -2.60. The van der Waals surface area contributed by atoms with Gasteiger partial charge in [-0.1, -0.05) is 83.9 Å². The number of alkyl halides is 1. The summed E-state index contributed by atoms with van der Waals surface area (Å²) in [6.45, 7) is 12.8. The Labute approximate surface area is 306 Å². The van der Waals surface area contributed by atoms with Crippen molar-refractivity contribution in [2.24, 2.45) is 17.8 Å². The number of aliphatic hydroxyl groups excluding tert-OH is 1. The highest BCUT2D eigenvalue weighted by Crippen LogP contribution is 2.61. The molecule has 0 radical (unpaired) electrons. The SMILES string of the molecule is C=CCCC(=O)N[C@@H](C)[C@H](OC(=O)[C@H]1[C@@H]2O[C@@]3(CC2Br)[C@@H]1C(=O)N([C@@H](CO)C(C)C)[C@@H]3C(=O)N(CC=C)c1ccc(Cl)cc1)c1ccccc1. The molecule has 0 saturated carbocycles. The number of ether oxygens (including phenoxy) is 2. The smallest absolute Gasteiger partial charge is 0.313 e. The van der Waals surface area contributed by atoms with Crippen LogP contribution < -0.4 is 10.2 Å². The van der Waals surface area contributed by atoms with E-state index in [1.165, 1.54) is 9.80 Å². The van der Waals surface area contributed by atoms with Crippen LogP contribution in [-0.2, 0) is 28.7 Å². The van der Waals surface area contributed by atoms with Gasteiger partial charge in [-0.2, -0.15) is 0 Å². The van der Waals surface area contributed by atoms with Crippen molar-refractivity contribution in [3.8, 4) is 0 Å². The molecule has 2 N–H and O–H groups in total. The molecular weight excluding hydrogens is 726 g/mol. The number of carbonyl (C=O) groups excluding carboxylic acids is 4. The topological polar surface area (TPSA) is 125 Å². The molecule has 2 aromatic rings. The Morgan fingerprint density at radius 1 is 1.14 bits per heavy atom. The summed E-state index contributed by atoms with van der Waals surface area (Å²) in [6.07, 6.45) is 2.62. The average molecular weight is 771 g/mol. The fourth-order valence-electron chi connectivity index (χ4n) is 7.75. The summed E-state index contributed by atoms with van der Waals surface area (Å²) < 4.78 is 13.0. The minimum Gasteiger partial charge on any atom is -0.455 e. The van der Waals surface area contributed by atoms with Crippen LogP contribution in [0.3, 0.4) is 0 Å². The Bertz CT molecular complexity index is 1590. The number of anilines is 1. The third-order valence-electron chi connectivity index (χ3n) is 10.1. The molecule has 3 heterocycles. The van der Waals surface area contributed by atoms with Crippen molar-refractivity contribution in [3.05, 3.63) is 90.5 Å². The quantitative estimate of drug-likeness (QED) is 0.142. The zero-order chi connectivity index (χ0) is 36.3. The predicted octanol–water partition coefficient (Wildman–Crippen LogP) is 5.38. The van der Waals surface area contributed by atoms with Crippen LogP contribution in [0.1, 0.15) is 51.7 Å². The van der Waals surface area contributed by atoms with Gasteiger partial charge in [0.2, 0.25) is 11.8 Å². The van der Waals surface area contributed by atoms with Gasteiger partial charge in [0.1, 0.15) is 17.7 Å². The van der Waals surface area contributed by atoms with E-state index in [1.54, 1.807) is 43.3 Å². The number of carbonyl (C=O) groups is 4. The molecule has 1 spiro atoms. The number of allylic oxidation sites excluding steroid dienone is 1. The maximum absolute atomic E-state index is 14.9.